The summed E-state index contributed by atoms with van der Waals surface area (Å²) in [5.41, 5.74) is -0.668. The SMILES string of the molecule is CN(CC1(O)CCCCCC1)C(=O)NCC1CCC1. The van der Waals surface area contributed by atoms with E-state index in [0.717, 1.165) is 32.2 Å². The van der Waals surface area contributed by atoms with Crippen LogP contribution in [0.1, 0.15) is 57.8 Å². The number of nitrogens with zero attached hydrogens (tertiary/aromatic N) is 1. The van der Waals surface area contributed by atoms with Crippen LogP contribution in [0.15, 0.2) is 0 Å². The molecule has 2 fully saturated rings. The van der Waals surface area contributed by atoms with Crippen molar-refractivity contribution in [2.75, 3.05) is 20.1 Å². The molecule has 0 radical (unpaired) electrons. The standard InChI is InChI=1S/C15H28N2O2/c1-17(14(18)16-11-13-7-6-8-13)12-15(19)9-4-2-3-5-10-15/h13,19H,2-12H2,1H3,(H,16,18). The summed E-state index contributed by atoms with van der Waals surface area (Å²) in [5.74, 6) is 0.679. The molecule has 0 atom stereocenters. The summed E-state index contributed by atoms with van der Waals surface area (Å²) in [6, 6.07) is -0.0374. The summed E-state index contributed by atoms with van der Waals surface area (Å²) in [5, 5.41) is 13.6. The number of carbonyl (C=O) groups is 1. The molecule has 2 N–H and O–H groups in total. The highest BCUT2D eigenvalue weighted by Crippen LogP contribution is 2.28. The predicted molar refractivity (Wildman–Crippen MR) is 76.0 cm³/mol. The summed E-state index contributed by atoms with van der Waals surface area (Å²) in [4.78, 5) is 13.6. The van der Waals surface area contributed by atoms with Gasteiger partial charge in [0.25, 0.3) is 0 Å². The fraction of sp³-hybridized carbons (Fsp3) is 0.933. The predicted octanol–water partition coefficient (Wildman–Crippen LogP) is 2.51. The minimum Gasteiger partial charge on any atom is -0.388 e. The van der Waals surface area contributed by atoms with Gasteiger partial charge >= 0.3 is 6.03 Å². The summed E-state index contributed by atoms with van der Waals surface area (Å²) >= 11 is 0. The number of carbonyl (C=O) groups excluding carboxylic acids is 1. The van der Waals surface area contributed by atoms with Gasteiger partial charge in [-0.2, -0.15) is 0 Å². The lowest BCUT2D eigenvalue weighted by molar-refractivity contribution is 0.00451. The maximum absolute atomic E-state index is 12.0. The van der Waals surface area contributed by atoms with E-state index >= 15 is 0 Å². The molecule has 0 spiro atoms. The van der Waals surface area contributed by atoms with Crippen LogP contribution < -0.4 is 5.32 Å². The highest BCUT2D eigenvalue weighted by molar-refractivity contribution is 5.73. The van der Waals surface area contributed by atoms with E-state index < -0.39 is 5.60 Å². The number of hydrogen-bond acceptors (Lipinski definition) is 2. The third-order valence-corrected chi connectivity index (χ3v) is 4.68. The normalized spacial score (nSPS) is 23.3. The average molecular weight is 268 g/mol. The number of aliphatic hydroxyl groups is 1. The van der Waals surface area contributed by atoms with Gasteiger partial charge in [0.2, 0.25) is 0 Å². The van der Waals surface area contributed by atoms with Crippen molar-refractivity contribution in [2.45, 2.75) is 63.4 Å². The summed E-state index contributed by atoms with van der Waals surface area (Å²) in [6.07, 6.45) is 10.0. The van der Waals surface area contributed by atoms with Crippen LogP contribution in [0.2, 0.25) is 0 Å². The van der Waals surface area contributed by atoms with Crippen LogP contribution in [0, 0.1) is 5.92 Å². The zero-order valence-electron chi connectivity index (χ0n) is 12.2. The van der Waals surface area contributed by atoms with E-state index in [2.05, 4.69) is 5.32 Å². The van der Waals surface area contributed by atoms with Crippen molar-refractivity contribution in [2.24, 2.45) is 5.92 Å². The van der Waals surface area contributed by atoms with E-state index in [0.29, 0.717) is 12.5 Å². The topological polar surface area (TPSA) is 52.6 Å². The highest BCUT2D eigenvalue weighted by Gasteiger charge is 2.31. The first kappa shape index (κ1) is 14.6. The lowest BCUT2D eigenvalue weighted by Crippen LogP contribution is -2.48. The van der Waals surface area contributed by atoms with Gasteiger partial charge in [0.1, 0.15) is 0 Å². The molecule has 0 bridgehead atoms. The van der Waals surface area contributed by atoms with E-state index in [4.69, 9.17) is 0 Å². The van der Waals surface area contributed by atoms with Crippen LogP contribution in [0.5, 0.6) is 0 Å². The van der Waals surface area contributed by atoms with Crippen molar-refractivity contribution < 1.29 is 9.90 Å². The van der Waals surface area contributed by atoms with E-state index in [1.807, 2.05) is 0 Å². The molecule has 4 heteroatoms. The number of rotatable bonds is 4. The molecule has 2 saturated carbocycles. The minimum atomic E-state index is -0.668. The van der Waals surface area contributed by atoms with Gasteiger partial charge in [-0.25, -0.2) is 4.79 Å². The molecule has 2 aliphatic carbocycles. The highest BCUT2D eigenvalue weighted by atomic mass is 16.3. The Morgan fingerprint density at radius 1 is 1.21 bits per heavy atom. The number of urea groups is 1. The fourth-order valence-electron chi connectivity index (χ4n) is 3.12. The molecular weight excluding hydrogens is 240 g/mol. The second kappa shape index (κ2) is 6.60. The van der Waals surface area contributed by atoms with E-state index in [1.54, 1.807) is 11.9 Å². The van der Waals surface area contributed by atoms with Gasteiger partial charge in [-0.3, -0.25) is 0 Å². The van der Waals surface area contributed by atoms with Crippen LogP contribution >= 0.6 is 0 Å². The van der Waals surface area contributed by atoms with E-state index in [9.17, 15) is 9.90 Å². The summed E-state index contributed by atoms with van der Waals surface area (Å²) in [7, 11) is 1.79. The Morgan fingerprint density at radius 2 is 1.84 bits per heavy atom. The molecule has 0 aromatic rings. The number of likely N-dealkylation sites (N-methyl/N-ethyl adjacent to an activating group) is 1. The van der Waals surface area contributed by atoms with Crippen LogP contribution in [0.3, 0.4) is 0 Å². The van der Waals surface area contributed by atoms with Crippen molar-refractivity contribution >= 4 is 6.03 Å². The van der Waals surface area contributed by atoms with Crippen molar-refractivity contribution in [3.05, 3.63) is 0 Å². The van der Waals surface area contributed by atoms with Gasteiger partial charge in [0.15, 0.2) is 0 Å². The number of nitrogens with one attached hydrogen (secondary N) is 1. The first-order valence-corrected chi connectivity index (χ1v) is 7.80. The zero-order valence-corrected chi connectivity index (χ0v) is 12.2. The largest absolute Gasteiger partial charge is 0.388 e. The Kier molecular flexibility index (Phi) is 5.08. The maximum atomic E-state index is 12.0. The molecule has 0 heterocycles. The first-order valence-electron chi connectivity index (χ1n) is 7.80. The Balaban J connectivity index is 1.74. The smallest absolute Gasteiger partial charge is 0.317 e. The van der Waals surface area contributed by atoms with Crippen molar-refractivity contribution in [1.82, 2.24) is 10.2 Å². The van der Waals surface area contributed by atoms with Gasteiger partial charge in [-0.15, -0.1) is 0 Å². The van der Waals surface area contributed by atoms with Gasteiger partial charge in [0, 0.05) is 13.6 Å². The second-order valence-electron chi connectivity index (χ2n) is 6.48. The number of hydrogen-bond donors (Lipinski definition) is 2. The van der Waals surface area contributed by atoms with E-state index in [-0.39, 0.29) is 6.03 Å². The van der Waals surface area contributed by atoms with Crippen LogP contribution in [-0.2, 0) is 0 Å². The molecule has 19 heavy (non-hydrogen) atoms. The lowest BCUT2D eigenvalue weighted by Gasteiger charge is -2.32. The molecule has 0 unspecified atom stereocenters. The number of amides is 2. The molecule has 0 aromatic heterocycles. The second-order valence-corrected chi connectivity index (χ2v) is 6.48. The van der Waals surface area contributed by atoms with Crippen LogP contribution in [0.4, 0.5) is 4.79 Å². The molecule has 4 nitrogen and oxygen atoms in total. The maximum Gasteiger partial charge on any atom is 0.317 e. The fourth-order valence-corrected chi connectivity index (χ4v) is 3.12. The Bertz CT molecular complexity index is 295. The van der Waals surface area contributed by atoms with Crippen LogP contribution in [0.25, 0.3) is 0 Å². The average Bonchev–Trinajstić information content (AvgIpc) is 2.51. The minimum absolute atomic E-state index is 0.0374. The first-order chi connectivity index (χ1) is 9.09. The van der Waals surface area contributed by atoms with Crippen molar-refractivity contribution in [3.63, 3.8) is 0 Å². The third-order valence-electron chi connectivity index (χ3n) is 4.68. The van der Waals surface area contributed by atoms with Gasteiger partial charge in [-0.05, 0) is 31.6 Å². The Hall–Kier alpha value is -0.770. The quantitative estimate of drug-likeness (QED) is 0.770. The molecule has 110 valence electrons. The molecule has 2 rings (SSSR count). The monoisotopic (exact) mass is 268 g/mol. The Morgan fingerprint density at radius 3 is 2.37 bits per heavy atom. The molecule has 2 aliphatic rings. The summed E-state index contributed by atoms with van der Waals surface area (Å²) < 4.78 is 0. The molecule has 0 aromatic carbocycles. The van der Waals surface area contributed by atoms with Crippen molar-refractivity contribution in [1.29, 1.82) is 0 Å². The van der Waals surface area contributed by atoms with Gasteiger partial charge in [-0.1, -0.05) is 32.1 Å². The van der Waals surface area contributed by atoms with Crippen LogP contribution in [-0.4, -0.2) is 41.8 Å². The van der Waals surface area contributed by atoms with Gasteiger partial charge < -0.3 is 15.3 Å². The van der Waals surface area contributed by atoms with Gasteiger partial charge in [0.05, 0.1) is 12.1 Å². The third kappa shape index (κ3) is 4.37. The molecule has 0 aliphatic heterocycles. The van der Waals surface area contributed by atoms with Crippen molar-refractivity contribution in [3.8, 4) is 0 Å². The van der Waals surface area contributed by atoms with E-state index in [1.165, 1.54) is 32.1 Å². The Labute approximate surface area is 116 Å². The molecular formula is C15H28N2O2. The zero-order chi connectivity index (χ0) is 13.7. The molecule has 2 amide bonds. The molecule has 0 saturated heterocycles. The lowest BCUT2D eigenvalue weighted by atomic mass is 9.85. The summed E-state index contributed by atoms with van der Waals surface area (Å²) in [6.45, 7) is 1.26.